The molecule has 2 aromatic carbocycles. The van der Waals surface area contributed by atoms with Crippen molar-refractivity contribution in [1.82, 2.24) is 0 Å². The van der Waals surface area contributed by atoms with E-state index in [0.717, 1.165) is 11.8 Å². The highest BCUT2D eigenvalue weighted by atomic mass is 16.5. The van der Waals surface area contributed by atoms with Crippen LogP contribution in [-0.4, -0.2) is 27.6 Å². The molecule has 1 atom stereocenters. The van der Waals surface area contributed by atoms with E-state index in [4.69, 9.17) is 9.84 Å². The Labute approximate surface area is 200 Å². The first kappa shape index (κ1) is 24.8. The summed E-state index contributed by atoms with van der Waals surface area (Å²) in [6.07, 6.45) is 4.29. The fraction of sp³-hybridized carbons (Fsp3) is 0.241. The average molecular weight is 457 g/mol. The number of Topliss-reactive ketones (excluding diaryl/α,β-unsaturated/α-hetero) is 1. The van der Waals surface area contributed by atoms with Crippen molar-refractivity contribution < 1.29 is 24.5 Å². The van der Waals surface area contributed by atoms with Crippen LogP contribution in [0.1, 0.15) is 39.7 Å². The van der Waals surface area contributed by atoms with E-state index in [1.807, 2.05) is 56.3 Å². The number of allylic oxidation sites excluding steroid dienone is 3. The van der Waals surface area contributed by atoms with Crippen LogP contribution in [0.2, 0.25) is 0 Å². The summed E-state index contributed by atoms with van der Waals surface area (Å²) in [5.74, 6) is 6.18. The fourth-order valence-electron chi connectivity index (χ4n) is 3.91. The number of benzene rings is 2. The van der Waals surface area contributed by atoms with Crippen LogP contribution in [0.4, 0.5) is 0 Å². The van der Waals surface area contributed by atoms with Crippen molar-refractivity contribution in [3.05, 3.63) is 95.1 Å². The van der Waals surface area contributed by atoms with Crippen LogP contribution < -0.4 is 4.74 Å². The lowest BCUT2D eigenvalue weighted by Gasteiger charge is -2.45. The molecule has 0 aromatic heterocycles. The largest absolute Gasteiger partial charge is 0.478 e. The second kappa shape index (κ2) is 9.94. The number of ketones is 1. The second-order valence-corrected chi connectivity index (χ2v) is 9.00. The molecule has 0 aliphatic heterocycles. The predicted molar refractivity (Wildman–Crippen MR) is 131 cm³/mol. The van der Waals surface area contributed by atoms with Crippen LogP contribution in [0.5, 0.6) is 11.5 Å². The van der Waals surface area contributed by atoms with Gasteiger partial charge in [-0.05, 0) is 67.5 Å². The molecule has 5 nitrogen and oxygen atoms in total. The van der Waals surface area contributed by atoms with Crippen LogP contribution in [0, 0.1) is 17.3 Å². The molecule has 2 aromatic rings. The monoisotopic (exact) mass is 456 g/mol. The molecule has 0 saturated heterocycles. The van der Waals surface area contributed by atoms with E-state index in [0.29, 0.717) is 22.5 Å². The van der Waals surface area contributed by atoms with Gasteiger partial charge in [-0.1, -0.05) is 50.0 Å². The Morgan fingerprint density at radius 1 is 1.03 bits per heavy atom. The van der Waals surface area contributed by atoms with E-state index < -0.39 is 17.0 Å². The van der Waals surface area contributed by atoms with Crippen LogP contribution in [0.3, 0.4) is 0 Å². The van der Waals surface area contributed by atoms with Crippen LogP contribution in [-0.2, 0) is 9.59 Å². The normalized spacial score (nSPS) is 20.1. The molecule has 0 radical (unpaired) electrons. The van der Waals surface area contributed by atoms with E-state index in [-0.39, 0.29) is 17.8 Å². The smallest absolute Gasteiger partial charge is 0.328 e. The number of aliphatic carboxylic acids is 1. The summed E-state index contributed by atoms with van der Waals surface area (Å²) in [5, 5.41) is 20.5. The minimum atomic E-state index is -1.45. The van der Waals surface area contributed by atoms with Crippen molar-refractivity contribution in [3.8, 4) is 23.3 Å². The molecule has 0 unspecified atom stereocenters. The molecule has 0 heterocycles. The first-order valence-electron chi connectivity index (χ1n) is 10.9. The van der Waals surface area contributed by atoms with Gasteiger partial charge in [-0.2, -0.15) is 0 Å². The van der Waals surface area contributed by atoms with E-state index in [2.05, 4.69) is 11.8 Å². The quantitative estimate of drug-likeness (QED) is 0.354. The minimum Gasteiger partial charge on any atom is -0.478 e. The maximum absolute atomic E-state index is 12.9. The number of carbonyl (C=O) groups excluding carboxylic acids is 1. The second-order valence-electron chi connectivity index (χ2n) is 9.00. The first-order valence-corrected chi connectivity index (χ1v) is 10.9. The van der Waals surface area contributed by atoms with Crippen molar-refractivity contribution >= 4 is 11.8 Å². The zero-order chi connectivity index (χ0) is 24.9. The van der Waals surface area contributed by atoms with Gasteiger partial charge in [-0.15, -0.1) is 0 Å². The Morgan fingerprint density at radius 2 is 1.65 bits per heavy atom. The van der Waals surface area contributed by atoms with Crippen LogP contribution in [0.25, 0.3) is 0 Å². The lowest BCUT2D eigenvalue weighted by molar-refractivity contribution is -0.131. The van der Waals surface area contributed by atoms with Crippen molar-refractivity contribution in [2.45, 2.75) is 39.7 Å². The highest BCUT2D eigenvalue weighted by Gasteiger charge is 2.49. The molecule has 0 amide bonds. The van der Waals surface area contributed by atoms with Gasteiger partial charge < -0.3 is 14.9 Å². The van der Waals surface area contributed by atoms with E-state index >= 15 is 0 Å². The Bertz CT molecular complexity index is 1230. The molecular weight excluding hydrogens is 428 g/mol. The molecule has 174 valence electrons. The molecule has 5 heteroatoms. The van der Waals surface area contributed by atoms with Gasteiger partial charge >= 0.3 is 5.97 Å². The van der Waals surface area contributed by atoms with Crippen molar-refractivity contribution in [2.75, 3.05) is 0 Å². The lowest BCUT2D eigenvalue weighted by Crippen LogP contribution is -2.49. The Balaban J connectivity index is 1.90. The number of carboxylic acids is 1. The van der Waals surface area contributed by atoms with E-state index in [1.165, 1.54) is 0 Å². The topological polar surface area (TPSA) is 83.8 Å². The van der Waals surface area contributed by atoms with Crippen molar-refractivity contribution in [2.24, 2.45) is 5.41 Å². The number of para-hydroxylation sites is 1. The minimum absolute atomic E-state index is 0.112. The summed E-state index contributed by atoms with van der Waals surface area (Å²) >= 11 is 0. The van der Waals surface area contributed by atoms with Crippen LogP contribution >= 0.6 is 0 Å². The zero-order valence-corrected chi connectivity index (χ0v) is 19.8. The van der Waals surface area contributed by atoms with Gasteiger partial charge in [-0.3, -0.25) is 4.79 Å². The summed E-state index contributed by atoms with van der Waals surface area (Å²) in [6.45, 7) is 6.95. The standard InChI is InChI=1S/C29H28O5/c1-20(18-27(31)32)16-17-29(33)21(2)25(26(30)19-28(29,3)4)15-12-22-10-13-24(14-11-22)34-23-8-6-5-7-9-23/h5-11,13-14,16-18,33H,19H2,1-4H3,(H,31,32)/b17-16+,20-18-/t29-/m1/s1. The zero-order valence-electron chi connectivity index (χ0n) is 19.8. The van der Waals surface area contributed by atoms with Gasteiger partial charge in [0.2, 0.25) is 0 Å². The molecule has 2 N–H and O–H groups in total. The molecule has 0 bridgehead atoms. The summed E-state index contributed by atoms with van der Waals surface area (Å²) in [6, 6.07) is 16.7. The fourth-order valence-corrected chi connectivity index (χ4v) is 3.91. The third-order valence-electron chi connectivity index (χ3n) is 5.96. The molecule has 1 aliphatic carbocycles. The van der Waals surface area contributed by atoms with E-state index in [9.17, 15) is 14.7 Å². The van der Waals surface area contributed by atoms with Gasteiger partial charge in [0.15, 0.2) is 5.78 Å². The van der Waals surface area contributed by atoms with Crippen molar-refractivity contribution in [1.29, 1.82) is 0 Å². The first-order chi connectivity index (χ1) is 16.0. The number of carboxylic acid groups (broad SMARTS) is 1. The Morgan fingerprint density at radius 3 is 2.26 bits per heavy atom. The van der Waals surface area contributed by atoms with Gasteiger partial charge in [0.25, 0.3) is 0 Å². The maximum atomic E-state index is 12.9. The highest BCUT2D eigenvalue weighted by molar-refractivity contribution is 6.02. The molecule has 34 heavy (non-hydrogen) atoms. The molecule has 0 fully saturated rings. The van der Waals surface area contributed by atoms with Crippen molar-refractivity contribution in [3.63, 3.8) is 0 Å². The summed E-state index contributed by atoms with van der Waals surface area (Å²) in [5.41, 5.74) is -0.327. The Hall–Kier alpha value is -3.88. The number of carbonyl (C=O) groups is 2. The maximum Gasteiger partial charge on any atom is 0.328 e. The molecular formula is C29H28O5. The average Bonchev–Trinajstić information content (AvgIpc) is 2.77. The number of ether oxygens (including phenoxy) is 1. The lowest BCUT2D eigenvalue weighted by atomic mass is 9.62. The number of hydrogen-bond donors (Lipinski definition) is 2. The van der Waals surface area contributed by atoms with E-state index in [1.54, 1.807) is 38.1 Å². The molecule has 3 rings (SSSR count). The third-order valence-corrected chi connectivity index (χ3v) is 5.96. The van der Waals surface area contributed by atoms with Crippen LogP contribution in [0.15, 0.2) is 89.5 Å². The number of hydrogen-bond acceptors (Lipinski definition) is 4. The molecule has 0 saturated carbocycles. The summed E-state index contributed by atoms with van der Waals surface area (Å²) < 4.78 is 5.79. The summed E-state index contributed by atoms with van der Waals surface area (Å²) in [7, 11) is 0. The molecule has 1 aliphatic rings. The third kappa shape index (κ3) is 5.54. The number of aliphatic hydroxyl groups is 1. The molecule has 0 spiro atoms. The summed E-state index contributed by atoms with van der Waals surface area (Å²) in [4.78, 5) is 23.8. The Kier molecular flexibility index (Phi) is 7.24. The number of rotatable bonds is 5. The van der Waals surface area contributed by atoms with Gasteiger partial charge in [0, 0.05) is 23.5 Å². The van der Waals surface area contributed by atoms with Gasteiger partial charge in [-0.25, -0.2) is 4.79 Å². The predicted octanol–water partition coefficient (Wildman–Crippen LogP) is 5.46. The van der Waals surface area contributed by atoms with Gasteiger partial charge in [0.1, 0.15) is 17.1 Å². The highest BCUT2D eigenvalue weighted by Crippen LogP contribution is 2.46. The SMILES string of the molecule is CC1=C(C#Cc2ccc(Oc3ccccc3)cc2)C(=O)CC(C)(C)[C@@]1(O)/C=C/C(C)=C\C(=O)O. The van der Waals surface area contributed by atoms with Gasteiger partial charge in [0.05, 0.1) is 5.57 Å².